The number of rotatable bonds is 6. The molecular weight excluding hydrogens is 264 g/mol. The van der Waals surface area contributed by atoms with Crippen molar-refractivity contribution in [3.63, 3.8) is 0 Å². The van der Waals surface area contributed by atoms with Crippen LogP contribution in [0.25, 0.3) is 0 Å². The van der Waals surface area contributed by atoms with E-state index in [4.69, 9.17) is 4.74 Å². The Hall–Kier alpha value is -0.940. The van der Waals surface area contributed by atoms with Crippen molar-refractivity contribution in [2.75, 3.05) is 39.4 Å². The van der Waals surface area contributed by atoms with Crippen molar-refractivity contribution in [2.24, 2.45) is 0 Å². The first kappa shape index (κ1) is 16.4. The molecule has 1 atom stereocenters. The van der Waals surface area contributed by atoms with E-state index in [0.717, 1.165) is 26.3 Å². The molecule has 1 unspecified atom stereocenters. The van der Waals surface area contributed by atoms with Crippen LogP contribution in [0.2, 0.25) is 0 Å². The smallest absolute Gasteiger partial charge is 0.0791 e. The summed E-state index contributed by atoms with van der Waals surface area (Å²) >= 11 is 0. The van der Waals surface area contributed by atoms with E-state index in [1.807, 2.05) is 0 Å². The summed E-state index contributed by atoms with van der Waals surface area (Å²) in [4.78, 5) is 2.26. The van der Waals surface area contributed by atoms with Crippen molar-refractivity contribution in [3.8, 4) is 0 Å². The highest BCUT2D eigenvalue weighted by molar-refractivity contribution is 5.27. The Kier molecular flexibility index (Phi) is 5.76. The van der Waals surface area contributed by atoms with Gasteiger partial charge in [0, 0.05) is 31.7 Å². The molecule has 4 nitrogen and oxygen atoms in total. The molecular formula is C17H28N2O2. The highest BCUT2D eigenvalue weighted by atomic mass is 16.5. The molecule has 0 bridgehead atoms. The highest BCUT2D eigenvalue weighted by Gasteiger charge is 2.22. The lowest BCUT2D eigenvalue weighted by atomic mass is 9.93. The molecule has 4 heteroatoms. The maximum absolute atomic E-state index is 10.2. The minimum atomic E-state index is -0.354. The van der Waals surface area contributed by atoms with Gasteiger partial charge in [0.15, 0.2) is 0 Å². The molecule has 1 heterocycles. The van der Waals surface area contributed by atoms with Crippen LogP contribution >= 0.6 is 0 Å². The van der Waals surface area contributed by atoms with E-state index < -0.39 is 0 Å². The van der Waals surface area contributed by atoms with Gasteiger partial charge in [-0.1, -0.05) is 29.8 Å². The van der Waals surface area contributed by atoms with Crippen LogP contribution in [0.3, 0.4) is 0 Å². The largest absolute Gasteiger partial charge is 0.390 e. The second-order valence-electron chi connectivity index (χ2n) is 6.44. The summed E-state index contributed by atoms with van der Waals surface area (Å²) < 4.78 is 5.33. The van der Waals surface area contributed by atoms with Gasteiger partial charge in [-0.15, -0.1) is 0 Å². The van der Waals surface area contributed by atoms with E-state index in [1.54, 1.807) is 0 Å². The fourth-order valence-corrected chi connectivity index (χ4v) is 2.66. The van der Waals surface area contributed by atoms with E-state index in [2.05, 4.69) is 55.3 Å². The highest BCUT2D eigenvalue weighted by Crippen LogP contribution is 2.20. The topological polar surface area (TPSA) is 44.7 Å². The van der Waals surface area contributed by atoms with Crippen LogP contribution in [0.1, 0.15) is 25.0 Å². The molecule has 2 rings (SSSR count). The molecule has 118 valence electrons. The molecule has 1 aromatic rings. The number of hydrogen-bond donors (Lipinski definition) is 2. The molecule has 1 aliphatic rings. The maximum atomic E-state index is 10.2. The van der Waals surface area contributed by atoms with Crippen LogP contribution in [0.15, 0.2) is 24.3 Å². The Balaban J connectivity index is 1.83. The number of aliphatic hydroxyl groups is 1. The third kappa shape index (κ3) is 5.08. The van der Waals surface area contributed by atoms with Crippen molar-refractivity contribution >= 4 is 0 Å². The van der Waals surface area contributed by atoms with E-state index in [1.165, 1.54) is 11.1 Å². The molecule has 0 aromatic heterocycles. The fraction of sp³-hybridized carbons (Fsp3) is 0.647. The van der Waals surface area contributed by atoms with Crippen LogP contribution < -0.4 is 5.32 Å². The Morgan fingerprint density at radius 2 is 2.05 bits per heavy atom. The third-order valence-corrected chi connectivity index (χ3v) is 4.09. The normalized spacial score (nSPS) is 18.7. The zero-order chi connectivity index (χ0) is 15.3. The van der Waals surface area contributed by atoms with E-state index >= 15 is 0 Å². The summed E-state index contributed by atoms with van der Waals surface area (Å²) in [6.45, 7) is 11.1. The van der Waals surface area contributed by atoms with E-state index in [0.29, 0.717) is 13.1 Å². The first-order chi connectivity index (χ1) is 9.97. The summed E-state index contributed by atoms with van der Waals surface area (Å²) in [5.74, 6) is 0. The van der Waals surface area contributed by atoms with Crippen LogP contribution in [0, 0.1) is 6.92 Å². The van der Waals surface area contributed by atoms with E-state index in [9.17, 15) is 5.11 Å². The van der Waals surface area contributed by atoms with Gasteiger partial charge in [0.1, 0.15) is 0 Å². The molecule has 1 fully saturated rings. The number of benzene rings is 1. The lowest BCUT2D eigenvalue weighted by Crippen LogP contribution is -2.47. The molecule has 0 saturated carbocycles. The predicted molar refractivity (Wildman–Crippen MR) is 85.5 cm³/mol. The van der Waals surface area contributed by atoms with E-state index in [-0.39, 0.29) is 11.6 Å². The van der Waals surface area contributed by atoms with Crippen LogP contribution in [0.4, 0.5) is 0 Å². The van der Waals surface area contributed by atoms with Gasteiger partial charge in [-0.25, -0.2) is 0 Å². The summed E-state index contributed by atoms with van der Waals surface area (Å²) in [6.07, 6.45) is -0.354. The molecule has 0 aliphatic carbocycles. The summed E-state index contributed by atoms with van der Waals surface area (Å²) in [5, 5.41) is 13.7. The molecule has 0 amide bonds. The number of morpholine rings is 1. The molecule has 2 N–H and O–H groups in total. The van der Waals surface area contributed by atoms with Crippen molar-refractivity contribution in [3.05, 3.63) is 35.4 Å². The van der Waals surface area contributed by atoms with Crippen molar-refractivity contribution < 1.29 is 9.84 Å². The van der Waals surface area contributed by atoms with Crippen molar-refractivity contribution in [1.82, 2.24) is 10.2 Å². The van der Waals surface area contributed by atoms with Gasteiger partial charge in [0.25, 0.3) is 0 Å². The monoisotopic (exact) mass is 292 g/mol. The lowest BCUT2D eigenvalue weighted by molar-refractivity contribution is 0.0137. The lowest BCUT2D eigenvalue weighted by Gasteiger charge is -2.32. The average Bonchev–Trinajstić information content (AvgIpc) is 2.46. The van der Waals surface area contributed by atoms with Gasteiger partial charge in [0.2, 0.25) is 0 Å². The van der Waals surface area contributed by atoms with Gasteiger partial charge in [-0.2, -0.15) is 0 Å². The summed E-state index contributed by atoms with van der Waals surface area (Å²) in [7, 11) is 0. The zero-order valence-electron chi connectivity index (χ0n) is 13.4. The minimum Gasteiger partial charge on any atom is -0.390 e. The Morgan fingerprint density at radius 1 is 1.33 bits per heavy atom. The van der Waals surface area contributed by atoms with Crippen molar-refractivity contribution in [1.29, 1.82) is 0 Å². The SMILES string of the molecule is Cc1cccc(C(C)(C)NCC(O)CN2CCOCC2)c1. The molecule has 1 aromatic carbocycles. The first-order valence-electron chi connectivity index (χ1n) is 7.78. The molecule has 21 heavy (non-hydrogen) atoms. The van der Waals surface area contributed by atoms with Crippen LogP contribution in [-0.2, 0) is 10.3 Å². The Labute approximate surface area is 128 Å². The predicted octanol–water partition coefficient (Wildman–Crippen LogP) is 1.51. The Bertz CT molecular complexity index is 442. The third-order valence-electron chi connectivity index (χ3n) is 4.09. The average molecular weight is 292 g/mol. The number of hydrogen-bond acceptors (Lipinski definition) is 4. The number of nitrogens with zero attached hydrogens (tertiary/aromatic N) is 1. The summed E-state index contributed by atoms with van der Waals surface area (Å²) in [5.41, 5.74) is 2.37. The fourth-order valence-electron chi connectivity index (χ4n) is 2.66. The molecule has 0 spiro atoms. The van der Waals surface area contributed by atoms with Crippen LogP contribution in [0.5, 0.6) is 0 Å². The number of aryl methyl sites for hydroxylation is 1. The number of ether oxygens (including phenoxy) is 1. The number of aliphatic hydroxyl groups excluding tert-OH is 1. The van der Waals surface area contributed by atoms with Crippen LogP contribution in [-0.4, -0.2) is 55.5 Å². The number of nitrogens with one attached hydrogen (secondary N) is 1. The first-order valence-corrected chi connectivity index (χ1v) is 7.78. The summed E-state index contributed by atoms with van der Waals surface area (Å²) in [6, 6.07) is 8.51. The van der Waals surface area contributed by atoms with Gasteiger partial charge in [-0.3, -0.25) is 4.90 Å². The molecule has 1 saturated heterocycles. The van der Waals surface area contributed by atoms with Gasteiger partial charge >= 0.3 is 0 Å². The van der Waals surface area contributed by atoms with Gasteiger partial charge in [-0.05, 0) is 26.3 Å². The zero-order valence-corrected chi connectivity index (χ0v) is 13.4. The molecule has 0 radical (unpaired) electrons. The van der Waals surface area contributed by atoms with Gasteiger partial charge < -0.3 is 15.2 Å². The van der Waals surface area contributed by atoms with Crippen molar-refractivity contribution in [2.45, 2.75) is 32.4 Å². The quantitative estimate of drug-likeness (QED) is 0.834. The molecule has 1 aliphatic heterocycles. The number of β-amino-alcohol motifs (C(OH)–C–C–N with tert-alkyl or cyclic N) is 1. The van der Waals surface area contributed by atoms with Gasteiger partial charge in [0.05, 0.1) is 19.3 Å². The second kappa shape index (κ2) is 7.36. The minimum absolute atomic E-state index is 0.141. The second-order valence-corrected chi connectivity index (χ2v) is 6.44. The standard InChI is InChI=1S/C17H28N2O2/c1-14-5-4-6-15(11-14)17(2,3)18-12-16(20)13-19-7-9-21-10-8-19/h4-6,11,16,18,20H,7-10,12-13H2,1-3H3. The maximum Gasteiger partial charge on any atom is 0.0791 e. The Morgan fingerprint density at radius 3 is 2.71 bits per heavy atom.